The molecule has 0 saturated heterocycles. The maximum absolute atomic E-state index is 5.63. The summed E-state index contributed by atoms with van der Waals surface area (Å²) >= 11 is 0. The van der Waals surface area contributed by atoms with Crippen LogP contribution in [0.25, 0.3) is 5.52 Å². The summed E-state index contributed by atoms with van der Waals surface area (Å²) < 4.78 is 6.83. The van der Waals surface area contributed by atoms with E-state index in [4.69, 9.17) is 10.5 Å². The van der Waals surface area contributed by atoms with Crippen molar-refractivity contribution in [2.45, 2.75) is 6.04 Å². The molecule has 2 aromatic rings. The third kappa shape index (κ3) is 2.12. The van der Waals surface area contributed by atoms with Crippen LogP contribution in [0.5, 0.6) is 0 Å². The zero-order valence-electron chi connectivity index (χ0n) is 9.13. The summed E-state index contributed by atoms with van der Waals surface area (Å²) in [7, 11) is 1.65. The molecule has 1 unspecified atom stereocenters. The topological polar surface area (TPSA) is 77.5 Å². The maximum Gasteiger partial charge on any atom is 0.152 e. The van der Waals surface area contributed by atoms with E-state index in [9.17, 15) is 0 Å². The standard InChI is InChI=1S/C10H15N5O/c1-16-7-8(6-11)14-10-9-2-3-13-15(9)5-4-12-10/h2-5,8H,6-7,11H2,1H3,(H,12,14). The van der Waals surface area contributed by atoms with Crippen LogP contribution >= 0.6 is 0 Å². The maximum atomic E-state index is 5.63. The predicted octanol–water partition coefficient (Wildman–Crippen LogP) is 0.115. The molecule has 6 nitrogen and oxygen atoms in total. The molecule has 0 amide bonds. The monoisotopic (exact) mass is 221 g/mol. The number of nitrogens with one attached hydrogen (secondary N) is 1. The number of anilines is 1. The van der Waals surface area contributed by atoms with Gasteiger partial charge in [0.05, 0.1) is 18.8 Å². The van der Waals surface area contributed by atoms with Crippen molar-refractivity contribution in [3.8, 4) is 0 Å². The van der Waals surface area contributed by atoms with Gasteiger partial charge in [-0.25, -0.2) is 9.50 Å². The Morgan fingerprint density at radius 3 is 3.19 bits per heavy atom. The molecule has 16 heavy (non-hydrogen) atoms. The molecule has 6 heteroatoms. The number of nitrogens with two attached hydrogens (primary N) is 1. The zero-order chi connectivity index (χ0) is 11.4. The van der Waals surface area contributed by atoms with Gasteiger partial charge in [-0.15, -0.1) is 0 Å². The van der Waals surface area contributed by atoms with Crippen LogP contribution in [-0.2, 0) is 4.74 Å². The van der Waals surface area contributed by atoms with Crippen LogP contribution in [-0.4, -0.2) is 40.9 Å². The number of hydrogen-bond acceptors (Lipinski definition) is 5. The smallest absolute Gasteiger partial charge is 0.152 e. The molecular weight excluding hydrogens is 206 g/mol. The highest BCUT2D eigenvalue weighted by Gasteiger charge is 2.09. The van der Waals surface area contributed by atoms with Gasteiger partial charge in [-0.3, -0.25) is 0 Å². The Hall–Kier alpha value is -1.66. The van der Waals surface area contributed by atoms with Gasteiger partial charge in [0.1, 0.15) is 5.52 Å². The molecule has 0 spiro atoms. The summed E-state index contributed by atoms with van der Waals surface area (Å²) in [5, 5.41) is 7.37. The summed E-state index contributed by atoms with van der Waals surface area (Å²) in [6, 6.07) is 1.95. The van der Waals surface area contributed by atoms with E-state index in [1.807, 2.05) is 6.07 Å². The van der Waals surface area contributed by atoms with E-state index in [-0.39, 0.29) is 6.04 Å². The first-order valence-electron chi connectivity index (χ1n) is 5.09. The van der Waals surface area contributed by atoms with E-state index in [1.54, 1.807) is 30.2 Å². The lowest BCUT2D eigenvalue weighted by atomic mass is 10.3. The average Bonchev–Trinajstić information content (AvgIpc) is 2.77. The molecule has 86 valence electrons. The van der Waals surface area contributed by atoms with E-state index >= 15 is 0 Å². The first-order valence-corrected chi connectivity index (χ1v) is 5.09. The molecule has 2 aromatic heterocycles. The Morgan fingerprint density at radius 1 is 1.56 bits per heavy atom. The van der Waals surface area contributed by atoms with Gasteiger partial charge in [-0.05, 0) is 6.07 Å². The van der Waals surface area contributed by atoms with E-state index in [0.29, 0.717) is 13.2 Å². The second-order valence-corrected chi connectivity index (χ2v) is 3.47. The van der Waals surface area contributed by atoms with Crippen molar-refractivity contribution >= 4 is 11.3 Å². The van der Waals surface area contributed by atoms with Gasteiger partial charge in [0.2, 0.25) is 0 Å². The fourth-order valence-corrected chi connectivity index (χ4v) is 1.53. The fourth-order valence-electron chi connectivity index (χ4n) is 1.53. The number of methoxy groups -OCH3 is 1. The fraction of sp³-hybridized carbons (Fsp3) is 0.400. The van der Waals surface area contributed by atoms with Crippen LogP contribution in [0.15, 0.2) is 24.7 Å². The second kappa shape index (κ2) is 4.91. The van der Waals surface area contributed by atoms with Gasteiger partial charge in [-0.2, -0.15) is 5.10 Å². The van der Waals surface area contributed by atoms with Crippen molar-refractivity contribution < 1.29 is 4.74 Å². The molecule has 0 aliphatic rings. The van der Waals surface area contributed by atoms with Crippen LogP contribution in [0.4, 0.5) is 5.82 Å². The SMILES string of the molecule is COCC(CN)Nc1nccn2nccc12. The van der Waals surface area contributed by atoms with Gasteiger partial charge >= 0.3 is 0 Å². The molecule has 2 heterocycles. The van der Waals surface area contributed by atoms with E-state index in [1.165, 1.54) is 0 Å². The number of hydrogen-bond donors (Lipinski definition) is 2. The molecule has 0 saturated carbocycles. The van der Waals surface area contributed by atoms with Crippen LogP contribution in [0.3, 0.4) is 0 Å². The Morgan fingerprint density at radius 2 is 2.44 bits per heavy atom. The minimum atomic E-state index is 0.0543. The van der Waals surface area contributed by atoms with Crippen LogP contribution < -0.4 is 11.1 Å². The summed E-state index contributed by atoms with van der Waals surface area (Å²) in [5.41, 5.74) is 6.56. The zero-order valence-corrected chi connectivity index (χ0v) is 9.13. The van der Waals surface area contributed by atoms with Gasteiger partial charge in [0, 0.05) is 26.0 Å². The highest BCUT2D eigenvalue weighted by atomic mass is 16.5. The first kappa shape index (κ1) is 10.8. The highest BCUT2D eigenvalue weighted by Crippen LogP contribution is 2.13. The lowest BCUT2D eigenvalue weighted by Crippen LogP contribution is -2.33. The van der Waals surface area contributed by atoms with Gasteiger partial charge in [0.25, 0.3) is 0 Å². The van der Waals surface area contributed by atoms with Crippen molar-refractivity contribution in [2.24, 2.45) is 5.73 Å². The quantitative estimate of drug-likeness (QED) is 0.749. The molecule has 0 aliphatic heterocycles. The molecule has 0 bridgehead atoms. The van der Waals surface area contributed by atoms with Gasteiger partial charge < -0.3 is 15.8 Å². The Balaban J connectivity index is 2.22. The third-order valence-electron chi connectivity index (χ3n) is 2.32. The average molecular weight is 221 g/mol. The number of rotatable bonds is 5. The Labute approximate surface area is 93.4 Å². The lowest BCUT2D eigenvalue weighted by molar-refractivity contribution is 0.187. The number of fused-ring (bicyclic) bond motifs is 1. The molecular formula is C10H15N5O. The number of aromatic nitrogens is 3. The molecule has 3 N–H and O–H groups in total. The summed E-state index contributed by atoms with van der Waals surface area (Å²) in [6.07, 6.45) is 5.23. The molecule has 2 rings (SSSR count). The van der Waals surface area contributed by atoms with E-state index in [0.717, 1.165) is 11.3 Å². The molecule has 0 aromatic carbocycles. The number of ether oxygens (including phenoxy) is 1. The molecule has 1 atom stereocenters. The van der Waals surface area contributed by atoms with Crippen LogP contribution in [0.1, 0.15) is 0 Å². The van der Waals surface area contributed by atoms with Crippen LogP contribution in [0.2, 0.25) is 0 Å². The third-order valence-corrected chi connectivity index (χ3v) is 2.32. The number of nitrogens with zero attached hydrogens (tertiary/aromatic N) is 3. The minimum Gasteiger partial charge on any atom is -0.383 e. The highest BCUT2D eigenvalue weighted by molar-refractivity contribution is 5.67. The van der Waals surface area contributed by atoms with Crippen molar-refractivity contribution in [2.75, 3.05) is 25.6 Å². The van der Waals surface area contributed by atoms with Crippen molar-refractivity contribution in [3.63, 3.8) is 0 Å². The minimum absolute atomic E-state index is 0.0543. The van der Waals surface area contributed by atoms with Gasteiger partial charge in [0.15, 0.2) is 5.82 Å². The van der Waals surface area contributed by atoms with Gasteiger partial charge in [-0.1, -0.05) is 0 Å². The van der Waals surface area contributed by atoms with E-state index < -0.39 is 0 Å². The summed E-state index contributed by atoms with van der Waals surface area (Å²) in [4.78, 5) is 4.27. The largest absolute Gasteiger partial charge is 0.383 e. The van der Waals surface area contributed by atoms with Crippen molar-refractivity contribution in [3.05, 3.63) is 24.7 Å². The lowest BCUT2D eigenvalue weighted by Gasteiger charge is -2.16. The summed E-state index contributed by atoms with van der Waals surface area (Å²) in [6.45, 7) is 1.04. The van der Waals surface area contributed by atoms with Crippen molar-refractivity contribution in [1.82, 2.24) is 14.6 Å². The Bertz CT molecular complexity index is 455. The predicted molar refractivity (Wildman–Crippen MR) is 61.3 cm³/mol. The molecule has 0 fully saturated rings. The molecule has 0 radical (unpaired) electrons. The van der Waals surface area contributed by atoms with E-state index in [2.05, 4.69) is 15.4 Å². The summed E-state index contributed by atoms with van der Waals surface area (Å²) in [5.74, 6) is 0.771. The first-order chi connectivity index (χ1) is 7.85. The van der Waals surface area contributed by atoms with Crippen molar-refractivity contribution in [1.29, 1.82) is 0 Å². The second-order valence-electron chi connectivity index (χ2n) is 3.47. The van der Waals surface area contributed by atoms with Crippen LogP contribution in [0, 0.1) is 0 Å². The Kier molecular flexibility index (Phi) is 3.33. The normalized spacial score (nSPS) is 12.9. The molecule has 0 aliphatic carbocycles.